The van der Waals surface area contributed by atoms with Crippen LogP contribution in [0.2, 0.25) is 0 Å². The molecule has 202 valence electrons. The normalized spacial score (nSPS) is 12.2. The molecule has 0 unspecified atom stereocenters. The number of para-hydroxylation sites is 1. The van der Waals surface area contributed by atoms with Crippen LogP contribution in [-0.4, -0.2) is 4.57 Å². The van der Waals surface area contributed by atoms with Gasteiger partial charge in [-0.05, 0) is 69.6 Å². The van der Waals surface area contributed by atoms with E-state index in [0.29, 0.717) is 0 Å². The largest absolute Gasteiger partial charge is 0.309 e. The van der Waals surface area contributed by atoms with Gasteiger partial charge in [0.1, 0.15) is 0 Å². The van der Waals surface area contributed by atoms with Crippen LogP contribution >= 0.6 is 11.3 Å². The van der Waals surface area contributed by atoms with E-state index in [9.17, 15) is 0 Å². The number of hydrogen-bond donors (Lipinski definition) is 0. The molecule has 0 radical (unpaired) electrons. The van der Waals surface area contributed by atoms with Gasteiger partial charge in [-0.15, -0.1) is 11.3 Å². The lowest BCUT2D eigenvalue weighted by Gasteiger charge is -2.19. The fourth-order valence-corrected chi connectivity index (χ4v) is 7.62. The summed E-state index contributed by atoms with van der Waals surface area (Å²) in [4.78, 5) is 0. The first-order valence-corrected chi connectivity index (χ1v) is 15.4. The molecule has 0 bridgehead atoms. The predicted molar refractivity (Wildman–Crippen MR) is 183 cm³/mol. The van der Waals surface area contributed by atoms with Gasteiger partial charge in [-0.25, -0.2) is 0 Å². The third-order valence-electron chi connectivity index (χ3n) is 8.58. The Labute approximate surface area is 250 Å². The lowest BCUT2D eigenvalue weighted by molar-refractivity contribution is 0.590. The van der Waals surface area contributed by atoms with Gasteiger partial charge in [0.05, 0.1) is 11.0 Å². The molecule has 6 aromatic carbocycles. The highest BCUT2D eigenvalue weighted by atomic mass is 32.1. The van der Waals surface area contributed by atoms with Crippen molar-refractivity contribution in [1.82, 2.24) is 4.57 Å². The lowest BCUT2D eigenvalue weighted by Crippen LogP contribution is -2.10. The Balaban J connectivity index is 1.29. The van der Waals surface area contributed by atoms with E-state index in [1.54, 1.807) is 0 Å². The van der Waals surface area contributed by atoms with Crippen molar-refractivity contribution in [3.05, 3.63) is 139 Å². The van der Waals surface area contributed by atoms with E-state index in [1.165, 1.54) is 75.5 Å². The highest BCUT2D eigenvalue weighted by Gasteiger charge is 2.16. The van der Waals surface area contributed by atoms with E-state index >= 15 is 0 Å². The number of fused-ring (bicyclic) bond motifs is 6. The van der Waals surface area contributed by atoms with Crippen LogP contribution in [0.3, 0.4) is 0 Å². The fourth-order valence-electron chi connectivity index (χ4n) is 6.38. The Kier molecular flexibility index (Phi) is 5.64. The summed E-state index contributed by atoms with van der Waals surface area (Å²) >= 11 is 1.89. The molecule has 0 amide bonds. The predicted octanol–water partition coefficient (Wildman–Crippen LogP) is 11.8. The SMILES string of the molecule is CC(C)(C)c1ccc(-c2cccc(-n3c4ccccc4c4cc(-c5cccc6c5sc5ccccc56)ccc43)c2)cc1. The molecule has 0 spiro atoms. The van der Waals surface area contributed by atoms with Gasteiger partial charge in [-0.3, -0.25) is 0 Å². The first kappa shape index (κ1) is 25.1. The maximum absolute atomic E-state index is 2.42. The maximum atomic E-state index is 2.42. The van der Waals surface area contributed by atoms with E-state index in [4.69, 9.17) is 0 Å². The summed E-state index contributed by atoms with van der Waals surface area (Å²) in [6.45, 7) is 6.79. The second-order valence-corrected chi connectivity index (χ2v) is 13.3. The zero-order valence-electron chi connectivity index (χ0n) is 24.1. The summed E-state index contributed by atoms with van der Waals surface area (Å²) in [5, 5.41) is 5.23. The molecule has 0 saturated carbocycles. The van der Waals surface area contributed by atoms with Crippen LogP contribution in [0.4, 0.5) is 0 Å². The van der Waals surface area contributed by atoms with Gasteiger partial charge in [-0.2, -0.15) is 0 Å². The van der Waals surface area contributed by atoms with Crippen LogP contribution < -0.4 is 0 Å². The van der Waals surface area contributed by atoms with Gasteiger partial charge in [0.2, 0.25) is 0 Å². The van der Waals surface area contributed by atoms with E-state index in [0.717, 1.165) is 0 Å². The number of thiophene rings is 1. The molecular weight excluding hydrogens is 527 g/mol. The zero-order chi connectivity index (χ0) is 28.4. The molecule has 8 rings (SSSR count). The van der Waals surface area contributed by atoms with Gasteiger partial charge >= 0.3 is 0 Å². The quantitative estimate of drug-likeness (QED) is 0.204. The van der Waals surface area contributed by atoms with Gasteiger partial charge in [-0.1, -0.05) is 118 Å². The Hall–Kier alpha value is -4.66. The highest BCUT2D eigenvalue weighted by molar-refractivity contribution is 7.26. The average molecular weight is 558 g/mol. The second-order valence-electron chi connectivity index (χ2n) is 12.2. The van der Waals surface area contributed by atoms with Crippen molar-refractivity contribution < 1.29 is 0 Å². The third kappa shape index (κ3) is 3.98. The van der Waals surface area contributed by atoms with Crippen LogP contribution in [0, 0.1) is 0 Å². The lowest BCUT2D eigenvalue weighted by atomic mass is 9.86. The fraction of sp³-hybridized carbons (Fsp3) is 0.100. The molecule has 0 saturated heterocycles. The average Bonchev–Trinajstić information content (AvgIpc) is 3.56. The van der Waals surface area contributed by atoms with Gasteiger partial charge in [0, 0.05) is 36.6 Å². The van der Waals surface area contributed by atoms with E-state index in [1.807, 2.05) is 11.3 Å². The molecule has 1 nitrogen and oxygen atoms in total. The monoisotopic (exact) mass is 557 g/mol. The number of rotatable bonds is 3. The minimum Gasteiger partial charge on any atom is -0.309 e. The Morgan fingerprint density at radius 2 is 1.19 bits per heavy atom. The molecule has 42 heavy (non-hydrogen) atoms. The first-order valence-electron chi connectivity index (χ1n) is 14.6. The number of benzene rings is 6. The first-order chi connectivity index (χ1) is 20.5. The summed E-state index contributed by atoms with van der Waals surface area (Å²) < 4.78 is 5.11. The third-order valence-corrected chi connectivity index (χ3v) is 9.80. The number of hydrogen-bond acceptors (Lipinski definition) is 1. The summed E-state index contributed by atoms with van der Waals surface area (Å²) in [7, 11) is 0. The van der Waals surface area contributed by atoms with Crippen LogP contribution in [0.15, 0.2) is 133 Å². The van der Waals surface area contributed by atoms with Crippen LogP contribution in [0.5, 0.6) is 0 Å². The van der Waals surface area contributed by atoms with Gasteiger partial charge < -0.3 is 4.57 Å². The number of aromatic nitrogens is 1. The summed E-state index contributed by atoms with van der Waals surface area (Å²) in [5.41, 5.74) is 10.2. The Morgan fingerprint density at radius 1 is 0.500 bits per heavy atom. The Morgan fingerprint density at radius 3 is 2.02 bits per heavy atom. The standard InChI is InChI=1S/C40H31NS/c1-40(2,3)29-21-18-26(19-22-29)27-10-8-11-30(24-27)41-36-16-6-4-12-32(36)35-25-28(20-23-37(35)41)31-14-9-15-34-33-13-5-7-17-38(33)42-39(31)34/h4-25H,1-3H3. The summed E-state index contributed by atoms with van der Waals surface area (Å²) in [6, 6.07) is 49.2. The summed E-state index contributed by atoms with van der Waals surface area (Å²) in [6.07, 6.45) is 0. The highest BCUT2D eigenvalue weighted by Crippen LogP contribution is 2.42. The van der Waals surface area contributed by atoms with Crippen LogP contribution in [0.1, 0.15) is 26.3 Å². The van der Waals surface area contributed by atoms with Crippen molar-refractivity contribution >= 4 is 53.3 Å². The second kappa shape index (κ2) is 9.44. The van der Waals surface area contributed by atoms with Crippen molar-refractivity contribution in [3.63, 3.8) is 0 Å². The van der Waals surface area contributed by atoms with Crippen LogP contribution in [0.25, 0.3) is 69.9 Å². The molecule has 0 aliphatic carbocycles. The topological polar surface area (TPSA) is 4.93 Å². The van der Waals surface area contributed by atoms with Crippen molar-refractivity contribution in [2.24, 2.45) is 0 Å². The van der Waals surface area contributed by atoms with Crippen molar-refractivity contribution in [2.75, 3.05) is 0 Å². The summed E-state index contributed by atoms with van der Waals surface area (Å²) in [5.74, 6) is 0. The molecule has 2 heterocycles. The van der Waals surface area contributed by atoms with E-state index < -0.39 is 0 Å². The molecule has 0 N–H and O–H groups in total. The molecule has 0 aliphatic rings. The maximum Gasteiger partial charge on any atom is 0.0541 e. The van der Waals surface area contributed by atoms with Crippen molar-refractivity contribution in [3.8, 4) is 27.9 Å². The smallest absolute Gasteiger partial charge is 0.0541 e. The minimum atomic E-state index is 0.144. The molecule has 0 aliphatic heterocycles. The minimum absolute atomic E-state index is 0.144. The zero-order valence-corrected chi connectivity index (χ0v) is 24.9. The van der Waals surface area contributed by atoms with Crippen molar-refractivity contribution in [2.45, 2.75) is 26.2 Å². The molecule has 8 aromatic rings. The van der Waals surface area contributed by atoms with E-state index in [-0.39, 0.29) is 5.41 Å². The molecule has 2 heteroatoms. The molecule has 0 atom stereocenters. The molecule has 0 fully saturated rings. The van der Waals surface area contributed by atoms with Crippen LogP contribution in [-0.2, 0) is 5.41 Å². The van der Waals surface area contributed by atoms with E-state index in [2.05, 4.69) is 159 Å². The number of nitrogens with zero attached hydrogens (tertiary/aromatic N) is 1. The van der Waals surface area contributed by atoms with Gasteiger partial charge in [0.15, 0.2) is 0 Å². The molecular formula is C40H31NS. The van der Waals surface area contributed by atoms with Crippen molar-refractivity contribution in [1.29, 1.82) is 0 Å². The Bertz CT molecular complexity index is 2270. The van der Waals surface area contributed by atoms with Gasteiger partial charge in [0.25, 0.3) is 0 Å². The molecule has 2 aromatic heterocycles.